The van der Waals surface area contributed by atoms with Gasteiger partial charge in [-0.05, 0) is 66.3 Å². The topological polar surface area (TPSA) is 77.3 Å². The van der Waals surface area contributed by atoms with Gasteiger partial charge in [0.1, 0.15) is 36.5 Å². The van der Waals surface area contributed by atoms with E-state index < -0.39 is 6.04 Å². The number of ether oxygens (including phenoxy) is 1. The summed E-state index contributed by atoms with van der Waals surface area (Å²) in [7, 11) is 0. The highest BCUT2D eigenvalue weighted by molar-refractivity contribution is 5.91. The van der Waals surface area contributed by atoms with Crippen LogP contribution in [0.3, 0.4) is 0 Å². The fourth-order valence-electron chi connectivity index (χ4n) is 4.78. The first kappa shape index (κ1) is 24.4. The highest BCUT2D eigenvalue weighted by atomic mass is 19.1. The number of hydrogen-bond donors (Lipinski definition) is 0. The number of rotatable bonds is 9. The van der Waals surface area contributed by atoms with Gasteiger partial charge in [0, 0.05) is 13.0 Å². The van der Waals surface area contributed by atoms with Crippen LogP contribution in [0.4, 0.5) is 4.39 Å². The fraction of sp³-hybridized carbons (Fsp3) is 0.241. The van der Waals surface area contributed by atoms with Crippen molar-refractivity contribution in [2.24, 2.45) is 5.92 Å². The molecule has 1 saturated heterocycles. The molecule has 0 saturated carbocycles. The molecule has 3 aromatic carbocycles. The van der Waals surface area contributed by atoms with E-state index in [0.717, 1.165) is 12.0 Å². The summed E-state index contributed by atoms with van der Waals surface area (Å²) in [6.07, 6.45) is 4.55. The van der Waals surface area contributed by atoms with E-state index in [9.17, 15) is 14.0 Å². The molecule has 0 radical (unpaired) electrons. The van der Waals surface area contributed by atoms with Gasteiger partial charge in [-0.25, -0.2) is 14.1 Å². The zero-order chi connectivity index (χ0) is 25.6. The highest BCUT2D eigenvalue weighted by Crippen LogP contribution is 2.29. The molecule has 1 fully saturated rings. The number of hydrogen-bond acceptors (Lipinski definition) is 5. The van der Waals surface area contributed by atoms with Gasteiger partial charge in [0.2, 0.25) is 5.91 Å². The molecule has 1 aliphatic heterocycles. The van der Waals surface area contributed by atoms with E-state index in [1.807, 2.05) is 30.3 Å². The molecule has 2 atom stereocenters. The Labute approximate surface area is 214 Å². The van der Waals surface area contributed by atoms with E-state index in [4.69, 9.17) is 4.74 Å². The third-order valence-corrected chi connectivity index (χ3v) is 6.56. The van der Waals surface area contributed by atoms with Crippen molar-refractivity contribution < 1.29 is 18.7 Å². The van der Waals surface area contributed by atoms with E-state index in [1.165, 1.54) is 35.0 Å². The molecule has 2 heterocycles. The Morgan fingerprint density at radius 3 is 2.30 bits per heavy atom. The number of Topliss-reactive ketones (excluding diaryl/α,β-unsaturated/α-hetero) is 1. The van der Waals surface area contributed by atoms with Gasteiger partial charge in [-0.3, -0.25) is 9.59 Å². The number of likely N-dealkylation sites (tertiary alicyclic amines) is 1. The van der Waals surface area contributed by atoms with Gasteiger partial charge >= 0.3 is 0 Å². The molecule has 0 unspecified atom stereocenters. The van der Waals surface area contributed by atoms with Crippen LogP contribution >= 0.6 is 0 Å². The minimum atomic E-state index is -0.486. The zero-order valence-corrected chi connectivity index (χ0v) is 20.2. The molecular formula is C29H27FN4O3. The second-order valence-electron chi connectivity index (χ2n) is 9.29. The van der Waals surface area contributed by atoms with Crippen molar-refractivity contribution in [3.05, 3.63) is 108 Å². The first-order valence-electron chi connectivity index (χ1n) is 12.2. The standard InChI is InChI=1S/C29H27FN4O3/c30-24-8-12-26(13-9-24)37-25-10-6-22(7-11-25)16-28(35)27-15-23(14-21-4-2-1-3-5-21)17-34(27)29(36)18-33-20-31-19-32-33/h1-13,19-20,23,27H,14-18H2/t23-,27+/m1/s1. The van der Waals surface area contributed by atoms with Crippen molar-refractivity contribution in [1.29, 1.82) is 0 Å². The quantitative estimate of drug-likeness (QED) is 0.340. The molecule has 5 rings (SSSR count). The van der Waals surface area contributed by atoms with Crippen LogP contribution in [0, 0.1) is 11.7 Å². The highest BCUT2D eigenvalue weighted by Gasteiger charge is 2.39. The predicted molar refractivity (Wildman–Crippen MR) is 135 cm³/mol. The number of nitrogens with zero attached hydrogens (tertiary/aromatic N) is 4. The summed E-state index contributed by atoms with van der Waals surface area (Å²) >= 11 is 0. The summed E-state index contributed by atoms with van der Waals surface area (Å²) in [5.41, 5.74) is 2.03. The maximum absolute atomic E-state index is 13.4. The first-order chi connectivity index (χ1) is 18.0. The lowest BCUT2D eigenvalue weighted by molar-refractivity contribution is -0.138. The third kappa shape index (κ3) is 6.27. The SMILES string of the molecule is O=C(Cc1ccc(Oc2ccc(F)cc2)cc1)[C@@H]1C[C@@H](Cc2ccccc2)CN1C(=O)Cn1cncn1. The lowest BCUT2D eigenvalue weighted by Crippen LogP contribution is -2.42. The number of halogens is 1. The van der Waals surface area contributed by atoms with Gasteiger partial charge < -0.3 is 9.64 Å². The average molecular weight is 499 g/mol. The van der Waals surface area contributed by atoms with Gasteiger partial charge in [0.15, 0.2) is 5.78 Å². The molecule has 1 aliphatic rings. The minimum Gasteiger partial charge on any atom is -0.457 e. The molecule has 1 amide bonds. The van der Waals surface area contributed by atoms with E-state index in [2.05, 4.69) is 22.2 Å². The van der Waals surface area contributed by atoms with Crippen molar-refractivity contribution in [3.8, 4) is 11.5 Å². The lowest BCUT2D eigenvalue weighted by atomic mass is 9.94. The molecule has 8 heteroatoms. The van der Waals surface area contributed by atoms with Crippen molar-refractivity contribution in [2.75, 3.05) is 6.54 Å². The van der Waals surface area contributed by atoms with Crippen LogP contribution in [0.15, 0.2) is 91.5 Å². The van der Waals surface area contributed by atoms with Crippen molar-refractivity contribution in [1.82, 2.24) is 19.7 Å². The summed E-state index contributed by atoms with van der Waals surface area (Å²) in [6.45, 7) is 0.584. The maximum atomic E-state index is 13.4. The van der Waals surface area contributed by atoms with Crippen molar-refractivity contribution >= 4 is 11.7 Å². The van der Waals surface area contributed by atoms with Gasteiger partial charge in [-0.2, -0.15) is 5.10 Å². The summed E-state index contributed by atoms with van der Waals surface area (Å²) in [5, 5.41) is 4.04. The van der Waals surface area contributed by atoms with Crippen molar-refractivity contribution in [2.45, 2.75) is 31.8 Å². The first-order valence-corrected chi connectivity index (χ1v) is 12.2. The fourth-order valence-corrected chi connectivity index (χ4v) is 4.78. The van der Waals surface area contributed by atoms with Crippen LogP contribution < -0.4 is 4.74 Å². The Balaban J connectivity index is 1.26. The Kier molecular flexibility index (Phi) is 7.35. The number of amides is 1. The van der Waals surface area contributed by atoms with Crippen LogP contribution in [-0.2, 0) is 29.0 Å². The van der Waals surface area contributed by atoms with E-state index in [-0.39, 0.29) is 36.4 Å². The molecule has 0 bridgehead atoms. The van der Waals surface area contributed by atoms with Crippen LogP contribution in [0.5, 0.6) is 11.5 Å². The number of aromatic nitrogens is 3. The van der Waals surface area contributed by atoms with Crippen molar-refractivity contribution in [3.63, 3.8) is 0 Å². The molecule has 0 N–H and O–H groups in total. The van der Waals surface area contributed by atoms with E-state index >= 15 is 0 Å². The molecule has 7 nitrogen and oxygen atoms in total. The van der Waals surface area contributed by atoms with Crippen LogP contribution in [0.25, 0.3) is 0 Å². The molecule has 37 heavy (non-hydrogen) atoms. The second-order valence-corrected chi connectivity index (χ2v) is 9.29. The van der Waals surface area contributed by atoms with Gasteiger partial charge in [0.25, 0.3) is 0 Å². The van der Waals surface area contributed by atoms with E-state index in [1.54, 1.807) is 29.2 Å². The summed E-state index contributed by atoms with van der Waals surface area (Å²) in [5.74, 6) is 0.867. The number of carbonyl (C=O) groups is 2. The number of ketones is 1. The average Bonchev–Trinajstić information content (AvgIpc) is 3.57. The Bertz CT molecular complexity index is 1330. The van der Waals surface area contributed by atoms with Crippen LogP contribution in [0.2, 0.25) is 0 Å². The lowest BCUT2D eigenvalue weighted by Gasteiger charge is -2.23. The smallest absolute Gasteiger partial charge is 0.244 e. The molecule has 1 aromatic heterocycles. The number of carbonyl (C=O) groups excluding carboxylic acids is 2. The Morgan fingerprint density at radius 2 is 1.62 bits per heavy atom. The molecule has 188 valence electrons. The Morgan fingerprint density at radius 1 is 0.919 bits per heavy atom. The second kappa shape index (κ2) is 11.2. The maximum Gasteiger partial charge on any atom is 0.244 e. The molecule has 0 spiro atoms. The Hall–Kier alpha value is -4.33. The number of benzene rings is 3. The zero-order valence-electron chi connectivity index (χ0n) is 20.2. The van der Waals surface area contributed by atoms with E-state index in [0.29, 0.717) is 24.5 Å². The summed E-state index contributed by atoms with van der Waals surface area (Å²) < 4.78 is 20.3. The van der Waals surface area contributed by atoms with Crippen LogP contribution in [0.1, 0.15) is 17.5 Å². The summed E-state index contributed by atoms with van der Waals surface area (Å²) in [6, 6.07) is 22.7. The van der Waals surface area contributed by atoms with Gasteiger partial charge in [-0.15, -0.1) is 0 Å². The molecular weight excluding hydrogens is 471 g/mol. The predicted octanol–water partition coefficient (Wildman–Crippen LogP) is 4.48. The largest absolute Gasteiger partial charge is 0.457 e. The third-order valence-electron chi connectivity index (χ3n) is 6.56. The molecule has 0 aliphatic carbocycles. The monoisotopic (exact) mass is 498 g/mol. The van der Waals surface area contributed by atoms with Gasteiger partial charge in [-0.1, -0.05) is 42.5 Å². The van der Waals surface area contributed by atoms with Gasteiger partial charge in [0.05, 0.1) is 6.04 Å². The minimum absolute atomic E-state index is 0.00899. The normalized spacial score (nSPS) is 17.1. The summed E-state index contributed by atoms with van der Waals surface area (Å²) in [4.78, 5) is 32.2. The van der Waals surface area contributed by atoms with Crippen LogP contribution in [-0.4, -0.2) is 43.9 Å². The molecule has 4 aromatic rings.